The summed E-state index contributed by atoms with van der Waals surface area (Å²) < 4.78 is 5.35. The lowest BCUT2D eigenvalue weighted by Crippen LogP contribution is -2.09. The van der Waals surface area contributed by atoms with Crippen LogP contribution in [-0.2, 0) is 4.74 Å². The van der Waals surface area contributed by atoms with Crippen LogP contribution < -0.4 is 5.73 Å². The van der Waals surface area contributed by atoms with Gasteiger partial charge in [-0.1, -0.05) is 5.92 Å². The fourth-order valence-electron chi connectivity index (χ4n) is 0.798. The summed E-state index contributed by atoms with van der Waals surface area (Å²) in [5.74, 6) is 1.73. The molecule has 1 heterocycles. The van der Waals surface area contributed by atoms with E-state index in [4.69, 9.17) is 16.9 Å². The third-order valence-corrected chi connectivity index (χ3v) is 1.83. The molecule has 72 valence electrons. The van der Waals surface area contributed by atoms with Gasteiger partial charge in [0.2, 0.25) is 0 Å². The molecule has 0 atom stereocenters. The molecule has 0 radical (unpaired) electrons. The van der Waals surface area contributed by atoms with Crippen LogP contribution in [0.2, 0.25) is 0 Å². The van der Waals surface area contributed by atoms with E-state index in [0.717, 1.165) is 0 Å². The fourth-order valence-corrected chi connectivity index (χ4v) is 1.13. The van der Waals surface area contributed by atoms with Gasteiger partial charge in [-0.3, -0.25) is 0 Å². The Balaban J connectivity index is 2.90. The van der Waals surface area contributed by atoms with Gasteiger partial charge in [-0.05, 0) is 22.0 Å². The largest absolute Gasteiger partial charge is 0.449 e. The number of carbonyl (C=O) groups is 1. The van der Waals surface area contributed by atoms with Gasteiger partial charge in [0.15, 0.2) is 6.61 Å². The zero-order valence-electron chi connectivity index (χ0n) is 7.16. The lowest BCUT2D eigenvalue weighted by molar-refractivity contribution is 0.0557. The summed E-state index contributed by atoms with van der Waals surface area (Å²) in [6.07, 6.45) is 6.43. The number of carbonyl (C=O) groups excluding carboxylic acids is 1. The smallest absolute Gasteiger partial charge is 0.342 e. The minimum Gasteiger partial charge on any atom is -0.449 e. The van der Waals surface area contributed by atoms with Crippen molar-refractivity contribution in [2.75, 3.05) is 12.3 Å². The van der Waals surface area contributed by atoms with Crippen LogP contribution in [-0.4, -0.2) is 17.6 Å². The van der Waals surface area contributed by atoms with E-state index in [1.54, 1.807) is 0 Å². The number of nitrogen functional groups attached to an aromatic ring is 1. The van der Waals surface area contributed by atoms with Gasteiger partial charge < -0.3 is 10.5 Å². The Morgan fingerprint density at radius 1 is 1.79 bits per heavy atom. The van der Waals surface area contributed by atoms with Crippen molar-refractivity contribution >= 4 is 27.7 Å². The van der Waals surface area contributed by atoms with E-state index in [0.29, 0.717) is 4.47 Å². The second-order valence-corrected chi connectivity index (χ2v) is 3.28. The molecule has 1 aromatic rings. The molecule has 1 rings (SSSR count). The van der Waals surface area contributed by atoms with Crippen molar-refractivity contribution in [1.29, 1.82) is 0 Å². The molecule has 0 fully saturated rings. The summed E-state index contributed by atoms with van der Waals surface area (Å²) in [4.78, 5) is 15.1. The van der Waals surface area contributed by atoms with Crippen LogP contribution in [0.3, 0.4) is 0 Å². The summed E-state index contributed by atoms with van der Waals surface area (Å²) in [6, 6.07) is 1.53. The molecule has 0 amide bonds. The van der Waals surface area contributed by atoms with Gasteiger partial charge in [0.25, 0.3) is 0 Å². The number of nitrogens with two attached hydrogens (primary N) is 1. The third kappa shape index (κ3) is 2.47. The molecule has 2 N–H and O–H groups in total. The number of hydrogen-bond acceptors (Lipinski definition) is 4. The molecular formula is C9H7BrN2O2. The maximum atomic E-state index is 11.3. The molecule has 0 spiro atoms. The molecule has 0 saturated heterocycles. The molecular weight excluding hydrogens is 248 g/mol. The van der Waals surface area contributed by atoms with E-state index < -0.39 is 5.97 Å². The monoisotopic (exact) mass is 254 g/mol. The zero-order valence-corrected chi connectivity index (χ0v) is 8.74. The lowest BCUT2D eigenvalue weighted by Gasteiger charge is -2.03. The van der Waals surface area contributed by atoms with Crippen LogP contribution >= 0.6 is 15.9 Å². The average Bonchev–Trinajstić information content (AvgIpc) is 2.18. The van der Waals surface area contributed by atoms with Gasteiger partial charge in [-0.25, -0.2) is 9.78 Å². The van der Waals surface area contributed by atoms with E-state index in [2.05, 4.69) is 26.8 Å². The molecule has 0 saturated carbocycles. The van der Waals surface area contributed by atoms with Crippen molar-refractivity contribution in [3.05, 3.63) is 22.3 Å². The fraction of sp³-hybridized carbons (Fsp3) is 0.111. The molecule has 5 heteroatoms. The highest BCUT2D eigenvalue weighted by atomic mass is 79.9. The molecule has 0 aliphatic rings. The van der Waals surface area contributed by atoms with Gasteiger partial charge in [-0.15, -0.1) is 6.42 Å². The standard InChI is InChI=1S/C9H7BrN2O2/c1-2-3-14-9(13)7-4-6(10)5-12-8(7)11/h1,4-5H,3H2,(H2,11,12). The molecule has 0 aliphatic carbocycles. The van der Waals surface area contributed by atoms with Gasteiger partial charge in [0.05, 0.1) is 0 Å². The number of hydrogen-bond donors (Lipinski definition) is 1. The summed E-state index contributed by atoms with van der Waals surface area (Å²) >= 11 is 3.17. The summed E-state index contributed by atoms with van der Waals surface area (Å²) in [5, 5.41) is 0. The van der Waals surface area contributed by atoms with E-state index in [9.17, 15) is 4.79 Å². The SMILES string of the molecule is C#CCOC(=O)c1cc(Br)cnc1N. The molecule has 0 aliphatic heterocycles. The molecule has 0 unspecified atom stereocenters. The average molecular weight is 255 g/mol. The van der Waals surface area contributed by atoms with Crippen LogP contribution in [0.5, 0.6) is 0 Å². The highest BCUT2D eigenvalue weighted by Crippen LogP contribution is 2.16. The van der Waals surface area contributed by atoms with Crippen LogP contribution in [0.25, 0.3) is 0 Å². The number of rotatable bonds is 2. The maximum absolute atomic E-state index is 11.3. The van der Waals surface area contributed by atoms with Crippen molar-refractivity contribution in [3.8, 4) is 12.3 Å². The Kier molecular flexibility index (Phi) is 3.48. The normalized spacial score (nSPS) is 9.14. The summed E-state index contributed by atoms with van der Waals surface area (Å²) in [7, 11) is 0. The Labute approximate surface area is 89.6 Å². The Morgan fingerprint density at radius 3 is 3.14 bits per heavy atom. The second kappa shape index (κ2) is 4.63. The van der Waals surface area contributed by atoms with E-state index in [-0.39, 0.29) is 18.0 Å². The number of halogens is 1. The minimum atomic E-state index is -0.575. The Morgan fingerprint density at radius 2 is 2.50 bits per heavy atom. The first-order valence-corrected chi connectivity index (χ1v) is 4.46. The number of aromatic nitrogens is 1. The van der Waals surface area contributed by atoms with Gasteiger partial charge in [-0.2, -0.15) is 0 Å². The van der Waals surface area contributed by atoms with Gasteiger partial charge >= 0.3 is 5.97 Å². The van der Waals surface area contributed by atoms with Crippen molar-refractivity contribution in [3.63, 3.8) is 0 Å². The quantitative estimate of drug-likeness (QED) is 0.637. The number of nitrogens with zero attached hydrogens (tertiary/aromatic N) is 1. The van der Waals surface area contributed by atoms with Crippen LogP contribution in [0.1, 0.15) is 10.4 Å². The number of anilines is 1. The summed E-state index contributed by atoms with van der Waals surface area (Å²) in [5.41, 5.74) is 5.68. The van der Waals surface area contributed by atoms with Crippen LogP contribution in [0, 0.1) is 12.3 Å². The Bertz CT molecular complexity index is 398. The van der Waals surface area contributed by atoms with E-state index in [1.165, 1.54) is 12.3 Å². The minimum absolute atomic E-state index is 0.0786. The van der Waals surface area contributed by atoms with Gasteiger partial charge in [0.1, 0.15) is 11.4 Å². The highest BCUT2D eigenvalue weighted by molar-refractivity contribution is 9.10. The van der Waals surface area contributed by atoms with Crippen molar-refractivity contribution in [2.24, 2.45) is 0 Å². The predicted octanol–water partition coefficient (Wildman–Crippen LogP) is 1.22. The van der Waals surface area contributed by atoms with Gasteiger partial charge in [0, 0.05) is 10.7 Å². The van der Waals surface area contributed by atoms with Crippen LogP contribution in [0.15, 0.2) is 16.7 Å². The van der Waals surface area contributed by atoms with E-state index in [1.807, 2.05) is 0 Å². The summed E-state index contributed by atoms with van der Waals surface area (Å²) in [6.45, 7) is -0.0786. The first-order chi connectivity index (χ1) is 6.65. The molecule has 14 heavy (non-hydrogen) atoms. The topological polar surface area (TPSA) is 65.2 Å². The lowest BCUT2D eigenvalue weighted by atomic mass is 10.2. The molecule has 0 aromatic carbocycles. The molecule has 0 bridgehead atoms. The van der Waals surface area contributed by atoms with Crippen molar-refractivity contribution in [1.82, 2.24) is 4.98 Å². The number of terminal acetylenes is 1. The zero-order chi connectivity index (χ0) is 10.6. The predicted molar refractivity (Wildman–Crippen MR) is 55.5 cm³/mol. The number of ether oxygens (including phenoxy) is 1. The van der Waals surface area contributed by atoms with Crippen molar-refractivity contribution < 1.29 is 9.53 Å². The number of pyridine rings is 1. The maximum Gasteiger partial charge on any atom is 0.342 e. The highest BCUT2D eigenvalue weighted by Gasteiger charge is 2.12. The first kappa shape index (κ1) is 10.5. The van der Waals surface area contributed by atoms with Crippen molar-refractivity contribution in [2.45, 2.75) is 0 Å². The molecule has 1 aromatic heterocycles. The third-order valence-electron chi connectivity index (χ3n) is 1.39. The second-order valence-electron chi connectivity index (χ2n) is 2.37. The van der Waals surface area contributed by atoms with Crippen LogP contribution in [0.4, 0.5) is 5.82 Å². The molecule has 4 nitrogen and oxygen atoms in total. The van der Waals surface area contributed by atoms with E-state index >= 15 is 0 Å². The first-order valence-electron chi connectivity index (χ1n) is 3.66. The Hall–Kier alpha value is -1.54. The number of esters is 1.